The van der Waals surface area contributed by atoms with Crippen LogP contribution < -0.4 is 10.2 Å². The molecule has 0 unspecified atom stereocenters. The topological polar surface area (TPSA) is 45.5 Å². The number of anilines is 2. The first-order chi connectivity index (χ1) is 13.3. The Hall–Kier alpha value is -3.27. The molecule has 4 nitrogen and oxygen atoms in total. The SMILES string of the molecule is O=C(/C=C/c1ccc(-c2ccccc2)o1)Nc1ccccc1N1CCCC1. The number of rotatable bonds is 5. The number of benzene rings is 2. The highest BCUT2D eigenvalue weighted by Gasteiger charge is 2.15. The molecule has 0 atom stereocenters. The zero-order valence-corrected chi connectivity index (χ0v) is 15.1. The fourth-order valence-corrected chi connectivity index (χ4v) is 3.35. The van der Waals surface area contributed by atoms with E-state index in [4.69, 9.17) is 4.42 Å². The second-order valence-corrected chi connectivity index (χ2v) is 6.60. The monoisotopic (exact) mass is 358 g/mol. The van der Waals surface area contributed by atoms with Crippen molar-refractivity contribution in [3.63, 3.8) is 0 Å². The maximum atomic E-state index is 12.4. The number of hydrogen-bond acceptors (Lipinski definition) is 3. The van der Waals surface area contributed by atoms with Gasteiger partial charge in [0, 0.05) is 24.7 Å². The lowest BCUT2D eigenvalue weighted by atomic mass is 10.2. The lowest BCUT2D eigenvalue weighted by Gasteiger charge is -2.21. The maximum Gasteiger partial charge on any atom is 0.248 e. The highest BCUT2D eigenvalue weighted by Crippen LogP contribution is 2.28. The number of furan rings is 1. The predicted octanol–water partition coefficient (Wildman–Crippen LogP) is 5.20. The molecule has 1 saturated heterocycles. The number of carbonyl (C=O) groups excluding carboxylic acids is 1. The summed E-state index contributed by atoms with van der Waals surface area (Å²) >= 11 is 0. The van der Waals surface area contributed by atoms with Crippen LogP contribution in [-0.4, -0.2) is 19.0 Å². The second-order valence-electron chi connectivity index (χ2n) is 6.60. The summed E-state index contributed by atoms with van der Waals surface area (Å²) in [6.07, 6.45) is 5.60. The molecule has 1 aromatic heterocycles. The summed E-state index contributed by atoms with van der Waals surface area (Å²) in [6.45, 7) is 2.08. The minimum Gasteiger partial charge on any atom is -0.457 e. The van der Waals surface area contributed by atoms with Crippen molar-refractivity contribution in [3.05, 3.63) is 78.6 Å². The van der Waals surface area contributed by atoms with Gasteiger partial charge in [0.25, 0.3) is 0 Å². The molecule has 0 bridgehead atoms. The molecular weight excluding hydrogens is 336 g/mol. The summed E-state index contributed by atoms with van der Waals surface area (Å²) in [5.41, 5.74) is 2.95. The molecular formula is C23H22N2O2. The highest BCUT2D eigenvalue weighted by atomic mass is 16.3. The number of para-hydroxylation sites is 2. The van der Waals surface area contributed by atoms with Crippen LogP contribution in [-0.2, 0) is 4.79 Å². The Balaban J connectivity index is 1.44. The lowest BCUT2D eigenvalue weighted by molar-refractivity contribution is -0.111. The van der Waals surface area contributed by atoms with Crippen molar-refractivity contribution >= 4 is 23.4 Å². The van der Waals surface area contributed by atoms with E-state index in [2.05, 4.69) is 16.3 Å². The van der Waals surface area contributed by atoms with E-state index in [-0.39, 0.29) is 5.91 Å². The molecule has 0 aliphatic carbocycles. The number of carbonyl (C=O) groups is 1. The molecule has 0 spiro atoms. The van der Waals surface area contributed by atoms with Crippen LogP contribution in [0.1, 0.15) is 18.6 Å². The smallest absolute Gasteiger partial charge is 0.248 e. The van der Waals surface area contributed by atoms with Crippen LogP contribution in [0.5, 0.6) is 0 Å². The molecule has 1 amide bonds. The zero-order valence-electron chi connectivity index (χ0n) is 15.1. The average Bonchev–Trinajstić information content (AvgIpc) is 3.40. The van der Waals surface area contributed by atoms with Crippen LogP contribution in [0.2, 0.25) is 0 Å². The van der Waals surface area contributed by atoms with Gasteiger partial charge in [-0.1, -0.05) is 42.5 Å². The average molecular weight is 358 g/mol. The number of nitrogens with zero attached hydrogens (tertiary/aromatic N) is 1. The fraction of sp³-hybridized carbons (Fsp3) is 0.174. The summed E-state index contributed by atoms with van der Waals surface area (Å²) in [6, 6.07) is 21.6. The van der Waals surface area contributed by atoms with Gasteiger partial charge >= 0.3 is 0 Å². The number of nitrogens with one attached hydrogen (secondary N) is 1. The van der Waals surface area contributed by atoms with Gasteiger partial charge in [0.1, 0.15) is 11.5 Å². The molecule has 1 N–H and O–H groups in total. The van der Waals surface area contributed by atoms with E-state index in [0.29, 0.717) is 5.76 Å². The molecule has 27 heavy (non-hydrogen) atoms. The zero-order chi connectivity index (χ0) is 18.5. The summed E-state index contributed by atoms with van der Waals surface area (Å²) in [5.74, 6) is 1.27. The summed E-state index contributed by atoms with van der Waals surface area (Å²) < 4.78 is 5.80. The Bertz CT molecular complexity index is 938. The first kappa shape index (κ1) is 17.2. The number of hydrogen-bond donors (Lipinski definition) is 1. The fourth-order valence-electron chi connectivity index (χ4n) is 3.35. The normalized spacial score (nSPS) is 14.0. The molecule has 2 heterocycles. The molecule has 4 rings (SSSR count). The van der Waals surface area contributed by atoms with Gasteiger partial charge in [-0.05, 0) is 43.2 Å². The molecule has 0 saturated carbocycles. The Kier molecular flexibility index (Phi) is 5.06. The first-order valence-electron chi connectivity index (χ1n) is 9.28. The second kappa shape index (κ2) is 7.96. The Morgan fingerprint density at radius 2 is 1.67 bits per heavy atom. The Morgan fingerprint density at radius 3 is 2.48 bits per heavy atom. The van der Waals surface area contributed by atoms with E-state index >= 15 is 0 Å². The van der Waals surface area contributed by atoms with Crippen LogP contribution >= 0.6 is 0 Å². The molecule has 3 aromatic rings. The van der Waals surface area contributed by atoms with Gasteiger partial charge in [-0.25, -0.2) is 0 Å². The number of amides is 1. The van der Waals surface area contributed by atoms with Gasteiger partial charge in [0.05, 0.1) is 11.4 Å². The van der Waals surface area contributed by atoms with Gasteiger partial charge in [-0.15, -0.1) is 0 Å². The molecule has 0 radical (unpaired) electrons. The molecule has 1 aliphatic heterocycles. The van der Waals surface area contributed by atoms with E-state index in [9.17, 15) is 4.79 Å². The quantitative estimate of drug-likeness (QED) is 0.638. The van der Waals surface area contributed by atoms with Crippen LogP contribution in [0.15, 0.2) is 77.2 Å². The minimum absolute atomic E-state index is 0.167. The van der Waals surface area contributed by atoms with Crippen molar-refractivity contribution in [3.8, 4) is 11.3 Å². The summed E-state index contributed by atoms with van der Waals surface area (Å²) in [4.78, 5) is 14.7. The van der Waals surface area contributed by atoms with Gasteiger partial charge in [0.2, 0.25) is 5.91 Å². The highest BCUT2D eigenvalue weighted by molar-refractivity contribution is 6.03. The Labute approximate surface area is 159 Å². The molecule has 1 aliphatic rings. The van der Waals surface area contributed by atoms with E-state index in [1.807, 2.05) is 60.7 Å². The van der Waals surface area contributed by atoms with Gasteiger partial charge in [-0.3, -0.25) is 4.79 Å². The van der Waals surface area contributed by atoms with Crippen molar-refractivity contribution in [2.24, 2.45) is 0 Å². The van der Waals surface area contributed by atoms with Crippen molar-refractivity contribution in [1.82, 2.24) is 0 Å². The molecule has 2 aromatic carbocycles. The van der Waals surface area contributed by atoms with Crippen LogP contribution in [0.4, 0.5) is 11.4 Å². The third-order valence-electron chi connectivity index (χ3n) is 4.69. The minimum atomic E-state index is -0.167. The predicted molar refractivity (Wildman–Crippen MR) is 110 cm³/mol. The Morgan fingerprint density at radius 1 is 0.926 bits per heavy atom. The van der Waals surface area contributed by atoms with E-state index in [0.717, 1.165) is 35.8 Å². The molecule has 1 fully saturated rings. The van der Waals surface area contributed by atoms with Crippen molar-refractivity contribution < 1.29 is 9.21 Å². The first-order valence-corrected chi connectivity index (χ1v) is 9.28. The van der Waals surface area contributed by atoms with Crippen LogP contribution in [0.25, 0.3) is 17.4 Å². The third kappa shape index (κ3) is 4.11. The van der Waals surface area contributed by atoms with Crippen LogP contribution in [0.3, 0.4) is 0 Å². The van der Waals surface area contributed by atoms with Crippen molar-refractivity contribution in [2.45, 2.75) is 12.8 Å². The molecule has 136 valence electrons. The molecule has 4 heteroatoms. The van der Waals surface area contributed by atoms with Crippen molar-refractivity contribution in [1.29, 1.82) is 0 Å². The van der Waals surface area contributed by atoms with Crippen LogP contribution in [0, 0.1) is 0 Å². The van der Waals surface area contributed by atoms with Crippen molar-refractivity contribution in [2.75, 3.05) is 23.3 Å². The lowest BCUT2D eigenvalue weighted by Crippen LogP contribution is -2.20. The largest absolute Gasteiger partial charge is 0.457 e. The van der Waals surface area contributed by atoms with Gasteiger partial charge in [0.15, 0.2) is 0 Å². The van der Waals surface area contributed by atoms with E-state index < -0.39 is 0 Å². The third-order valence-corrected chi connectivity index (χ3v) is 4.69. The standard InChI is InChI=1S/C23H22N2O2/c26-23(24-20-10-4-5-11-21(20)25-16-6-7-17-25)15-13-19-12-14-22(27-19)18-8-2-1-3-9-18/h1-5,8-15H,6-7,16-17H2,(H,24,26)/b15-13+. The maximum absolute atomic E-state index is 12.4. The van der Waals surface area contributed by atoms with Gasteiger partial charge in [-0.2, -0.15) is 0 Å². The summed E-state index contributed by atoms with van der Waals surface area (Å²) in [7, 11) is 0. The van der Waals surface area contributed by atoms with E-state index in [1.54, 1.807) is 6.08 Å². The van der Waals surface area contributed by atoms with Gasteiger partial charge < -0.3 is 14.6 Å². The summed E-state index contributed by atoms with van der Waals surface area (Å²) in [5, 5.41) is 2.99. The van der Waals surface area contributed by atoms with E-state index in [1.165, 1.54) is 18.9 Å².